The highest BCUT2D eigenvalue weighted by molar-refractivity contribution is 7.99. The Morgan fingerprint density at radius 1 is 1.19 bits per heavy atom. The van der Waals surface area contributed by atoms with Crippen molar-refractivity contribution < 1.29 is 19.2 Å². The summed E-state index contributed by atoms with van der Waals surface area (Å²) in [6, 6.07) is 7.12. The zero-order chi connectivity index (χ0) is 22.2. The van der Waals surface area contributed by atoms with Crippen LogP contribution in [0.5, 0.6) is 5.75 Å². The molecule has 172 valence electrons. The van der Waals surface area contributed by atoms with Gasteiger partial charge in [-0.25, -0.2) is 0 Å². The minimum Gasteiger partial charge on any atom is -0.487 e. The van der Waals surface area contributed by atoms with E-state index in [-0.39, 0.29) is 53.2 Å². The van der Waals surface area contributed by atoms with E-state index in [2.05, 4.69) is 5.16 Å². The molecule has 2 fully saturated rings. The molecule has 0 spiro atoms. The third kappa shape index (κ3) is 7.92. The molecule has 8 heteroatoms. The van der Waals surface area contributed by atoms with Gasteiger partial charge in [0.05, 0.1) is 5.71 Å². The molecule has 1 aliphatic carbocycles. The molecule has 2 unspecified atom stereocenters. The number of carbonyl (C=O) groups excluding carboxylic acids is 2. The summed E-state index contributed by atoms with van der Waals surface area (Å²) < 4.78 is 5.79. The van der Waals surface area contributed by atoms with Gasteiger partial charge in [0.25, 0.3) is 0 Å². The Morgan fingerprint density at radius 2 is 1.88 bits per heavy atom. The molecule has 1 aliphatic heterocycles. The smallest absolute Gasteiger partial charge is 0.153 e. The van der Waals surface area contributed by atoms with Crippen LogP contribution in [0, 0.1) is 17.8 Å². The van der Waals surface area contributed by atoms with E-state index < -0.39 is 5.92 Å². The van der Waals surface area contributed by atoms with E-state index in [9.17, 15) is 9.59 Å². The molecule has 32 heavy (non-hydrogen) atoms. The van der Waals surface area contributed by atoms with Crippen molar-refractivity contribution in [1.82, 2.24) is 0 Å². The molecule has 2 radical (unpaired) electrons. The Labute approximate surface area is 216 Å². The van der Waals surface area contributed by atoms with Crippen LogP contribution in [0.2, 0.25) is 5.02 Å². The van der Waals surface area contributed by atoms with Crippen molar-refractivity contribution in [2.45, 2.75) is 58.5 Å². The Hall–Kier alpha value is -0.764. The van der Waals surface area contributed by atoms with Gasteiger partial charge in [-0.3, -0.25) is 9.59 Å². The van der Waals surface area contributed by atoms with Gasteiger partial charge in [0.1, 0.15) is 29.3 Å². The molecule has 0 bridgehead atoms. The highest BCUT2D eigenvalue weighted by Gasteiger charge is 2.41. The van der Waals surface area contributed by atoms with Gasteiger partial charge in [0.15, 0.2) is 6.61 Å². The van der Waals surface area contributed by atoms with E-state index >= 15 is 0 Å². The molecule has 3 rings (SSSR count). The summed E-state index contributed by atoms with van der Waals surface area (Å²) >= 11 is 7.84. The lowest BCUT2D eigenvalue weighted by molar-refractivity contribution is -0.135. The van der Waals surface area contributed by atoms with E-state index in [1.165, 1.54) is 12.2 Å². The van der Waals surface area contributed by atoms with Crippen LogP contribution in [0.3, 0.4) is 0 Å². The van der Waals surface area contributed by atoms with Gasteiger partial charge >= 0.3 is 0 Å². The van der Waals surface area contributed by atoms with Crippen LogP contribution >= 0.6 is 23.4 Å². The molecule has 1 saturated heterocycles. The van der Waals surface area contributed by atoms with Crippen LogP contribution < -0.4 is 4.74 Å². The topological polar surface area (TPSA) is 65.0 Å². The fourth-order valence-electron chi connectivity index (χ4n) is 4.35. The molecular weight excluding hydrogens is 458 g/mol. The van der Waals surface area contributed by atoms with Gasteiger partial charge in [-0.1, -0.05) is 30.1 Å². The molecule has 0 amide bonds. The van der Waals surface area contributed by atoms with E-state index in [1.54, 1.807) is 24.3 Å². The number of hydrogen-bond acceptors (Lipinski definition) is 6. The predicted molar refractivity (Wildman–Crippen MR) is 132 cm³/mol. The van der Waals surface area contributed by atoms with Gasteiger partial charge in [0.2, 0.25) is 0 Å². The second kappa shape index (κ2) is 13.8. The molecule has 0 N–H and O–H groups in total. The summed E-state index contributed by atoms with van der Waals surface area (Å²) in [5.41, 5.74) is 0.563. The van der Waals surface area contributed by atoms with Gasteiger partial charge in [-0.15, -0.1) is 0 Å². The number of halogens is 1. The zero-order valence-electron chi connectivity index (χ0n) is 19.1. The lowest BCUT2D eigenvalue weighted by Crippen LogP contribution is -2.41. The molecule has 1 aromatic carbocycles. The Balaban J connectivity index is 0.00000363. The van der Waals surface area contributed by atoms with Gasteiger partial charge in [0, 0.05) is 40.9 Å². The molecule has 1 aromatic rings. The molecule has 1 heterocycles. The van der Waals surface area contributed by atoms with E-state index in [1.807, 2.05) is 25.6 Å². The van der Waals surface area contributed by atoms with Crippen molar-refractivity contribution >= 4 is 63.7 Å². The molecular formula is C24H32ClMgNO4S. The lowest BCUT2D eigenvalue weighted by atomic mass is 9.72. The van der Waals surface area contributed by atoms with Crippen LogP contribution in [0.1, 0.15) is 52.4 Å². The second-order valence-electron chi connectivity index (χ2n) is 8.52. The molecule has 2 atom stereocenters. The molecule has 5 nitrogen and oxygen atoms in total. The Bertz CT molecular complexity index is 765. The van der Waals surface area contributed by atoms with Crippen LogP contribution in [0.15, 0.2) is 29.4 Å². The highest BCUT2D eigenvalue weighted by Crippen LogP contribution is 2.37. The number of nitrogens with zero attached hydrogens (tertiary/aromatic N) is 1. The maximum absolute atomic E-state index is 12.9. The summed E-state index contributed by atoms with van der Waals surface area (Å²) in [6.07, 6.45) is 4.44. The number of thioether (sulfide) groups is 1. The maximum atomic E-state index is 12.9. The minimum atomic E-state index is -0.736. The number of Topliss-reactive ketones (excluding diaryl/α,β-unsaturated/α-hetero) is 2. The molecule has 0 aromatic heterocycles. The number of ether oxygens (including phenoxy) is 1. The van der Waals surface area contributed by atoms with Gasteiger partial charge in [-0.2, -0.15) is 11.8 Å². The minimum absolute atomic E-state index is 0. The number of carbonyl (C=O) groups is 2. The summed E-state index contributed by atoms with van der Waals surface area (Å²) in [4.78, 5) is 31.4. The van der Waals surface area contributed by atoms with Crippen molar-refractivity contribution in [1.29, 1.82) is 0 Å². The SMILES string of the molecule is CCCC(=NOCC(C)Oc1ccc(Cl)cc1)C1C(=O)CC(C2CCCSC2)CC1=O.[Mg]. The van der Waals surface area contributed by atoms with E-state index in [0.29, 0.717) is 41.7 Å². The summed E-state index contributed by atoms with van der Waals surface area (Å²) in [7, 11) is 0. The summed E-state index contributed by atoms with van der Waals surface area (Å²) in [6.45, 7) is 4.13. The standard InChI is InChI=1S/C24H32ClNO4S.Mg/c1-3-5-21(26-29-14-16(2)30-20-9-7-19(25)8-10-20)24-22(27)12-18(13-23(24)28)17-6-4-11-31-15-17;/h7-10,16-18,24H,3-6,11-15H2,1-2H3;. The van der Waals surface area contributed by atoms with Crippen molar-refractivity contribution in [3.05, 3.63) is 29.3 Å². The first-order valence-electron chi connectivity index (χ1n) is 11.2. The van der Waals surface area contributed by atoms with Crippen LogP contribution in [-0.4, -0.2) is 64.5 Å². The van der Waals surface area contributed by atoms with Crippen molar-refractivity contribution in [2.75, 3.05) is 18.1 Å². The van der Waals surface area contributed by atoms with Crippen LogP contribution in [0.4, 0.5) is 0 Å². The fourth-order valence-corrected chi connectivity index (χ4v) is 5.76. The largest absolute Gasteiger partial charge is 0.487 e. The average molecular weight is 490 g/mol. The molecule has 1 saturated carbocycles. The third-order valence-electron chi connectivity index (χ3n) is 5.91. The summed E-state index contributed by atoms with van der Waals surface area (Å²) in [5, 5.41) is 4.89. The van der Waals surface area contributed by atoms with Crippen LogP contribution in [0.25, 0.3) is 0 Å². The first-order valence-corrected chi connectivity index (χ1v) is 12.7. The summed E-state index contributed by atoms with van der Waals surface area (Å²) in [5.74, 6) is 2.93. The predicted octanol–water partition coefficient (Wildman–Crippen LogP) is 5.21. The Morgan fingerprint density at radius 3 is 2.47 bits per heavy atom. The number of rotatable bonds is 9. The number of ketones is 2. The number of hydrogen-bond donors (Lipinski definition) is 0. The Kier molecular flexibility index (Phi) is 11.9. The average Bonchev–Trinajstić information content (AvgIpc) is 2.75. The fraction of sp³-hybridized carbons (Fsp3) is 0.625. The zero-order valence-corrected chi connectivity index (χ0v) is 22.0. The second-order valence-corrected chi connectivity index (χ2v) is 10.1. The monoisotopic (exact) mass is 489 g/mol. The van der Waals surface area contributed by atoms with Gasteiger partial charge in [-0.05, 0) is 73.8 Å². The van der Waals surface area contributed by atoms with Crippen molar-refractivity contribution in [3.63, 3.8) is 0 Å². The van der Waals surface area contributed by atoms with Crippen LogP contribution in [-0.2, 0) is 14.4 Å². The molecule has 2 aliphatic rings. The van der Waals surface area contributed by atoms with Crippen molar-refractivity contribution in [2.24, 2.45) is 22.9 Å². The van der Waals surface area contributed by atoms with E-state index in [0.717, 1.165) is 18.6 Å². The van der Waals surface area contributed by atoms with E-state index in [4.69, 9.17) is 21.2 Å². The quantitative estimate of drug-likeness (QED) is 0.206. The van der Waals surface area contributed by atoms with Crippen molar-refractivity contribution in [3.8, 4) is 5.75 Å². The first-order chi connectivity index (χ1) is 15.0. The number of benzene rings is 1. The third-order valence-corrected chi connectivity index (χ3v) is 7.41. The first kappa shape index (κ1) is 27.5. The number of oxime groups is 1. The maximum Gasteiger partial charge on any atom is 0.153 e. The lowest BCUT2D eigenvalue weighted by Gasteiger charge is -2.34. The normalized spacial score (nSPS) is 25.1. The highest BCUT2D eigenvalue weighted by atomic mass is 35.5. The van der Waals surface area contributed by atoms with Gasteiger partial charge < -0.3 is 9.57 Å².